The monoisotopic (exact) mass is 353 g/mol. The molecule has 2 aromatic rings. The minimum Gasteiger partial charge on any atom is -0.465 e. The molecule has 0 bridgehead atoms. The summed E-state index contributed by atoms with van der Waals surface area (Å²) in [7, 11) is 1.29. The molecule has 1 saturated carbocycles. The largest absolute Gasteiger partial charge is 0.465 e. The van der Waals surface area contributed by atoms with E-state index in [4.69, 9.17) is 4.74 Å². The second-order valence-electron chi connectivity index (χ2n) is 6.14. The Morgan fingerprint density at radius 1 is 1.04 bits per heavy atom. The zero-order valence-corrected chi connectivity index (χ0v) is 14.4. The highest BCUT2D eigenvalue weighted by molar-refractivity contribution is 5.96. The number of hydrogen-bond donors (Lipinski definition) is 1. The number of anilines is 1. The lowest BCUT2D eigenvalue weighted by atomic mass is 9.96. The molecule has 0 atom stereocenters. The van der Waals surface area contributed by atoms with E-state index in [0.717, 1.165) is 18.4 Å². The molecule has 0 spiro atoms. The molecule has 26 heavy (non-hydrogen) atoms. The molecule has 0 heterocycles. The Morgan fingerprint density at radius 3 is 2.42 bits per heavy atom. The summed E-state index contributed by atoms with van der Waals surface area (Å²) in [6.45, 7) is -0.379. The fraction of sp³-hybridized carbons (Fsp3) is 0.250. The minimum atomic E-state index is -0.619. The first-order valence-electron chi connectivity index (χ1n) is 8.26. The lowest BCUT2D eigenvalue weighted by Crippen LogP contribution is -2.28. The molecule has 0 radical (unpaired) electrons. The van der Waals surface area contributed by atoms with Crippen molar-refractivity contribution in [1.29, 1.82) is 0 Å². The van der Waals surface area contributed by atoms with Crippen LogP contribution in [-0.2, 0) is 24.5 Å². The third-order valence-corrected chi connectivity index (χ3v) is 4.37. The molecule has 2 aromatic carbocycles. The van der Waals surface area contributed by atoms with Crippen LogP contribution in [0.1, 0.15) is 28.8 Å². The van der Waals surface area contributed by atoms with Gasteiger partial charge in [-0.3, -0.25) is 9.59 Å². The van der Waals surface area contributed by atoms with E-state index in [0.29, 0.717) is 11.3 Å². The van der Waals surface area contributed by atoms with E-state index in [1.807, 2.05) is 30.3 Å². The number of rotatable bonds is 6. The molecular weight excluding hydrogens is 334 g/mol. The van der Waals surface area contributed by atoms with Crippen molar-refractivity contribution in [2.45, 2.75) is 18.3 Å². The van der Waals surface area contributed by atoms with Gasteiger partial charge in [0.05, 0.1) is 18.1 Å². The molecule has 0 aliphatic heterocycles. The van der Waals surface area contributed by atoms with Gasteiger partial charge in [-0.05, 0) is 36.6 Å². The van der Waals surface area contributed by atoms with Crippen LogP contribution in [-0.4, -0.2) is 31.6 Å². The average Bonchev–Trinajstić information content (AvgIpc) is 3.48. The maximum Gasteiger partial charge on any atom is 0.337 e. The van der Waals surface area contributed by atoms with Crippen LogP contribution in [0.25, 0.3) is 0 Å². The van der Waals surface area contributed by atoms with Crippen molar-refractivity contribution in [3.8, 4) is 0 Å². The van der Waals surface area contributed by atoms with Gasteiger partial charge in [0, 0.05) is 5.69 Å². The van der Waals surface area contributed by atoms with Crippen LogP contribution in [0.15, 0.2) is 54.6 Å². The van der Waals surface area contributed by atoms with Crippen molar-refractivity contribution in [3.63, 3.8) is 0 Å². The van der Waals surface area contributed by atoms with Crippen LogP contribution in [0.5, 0.6) is 0 Å². The molecule has 3 rings (SSSR count). The number of esters is 2. The topological polar surface area (TPSA) is 81.7 Å². The molecule has 6 heteroatoms. The van der Waals surface area contributed by atoms with E-state index >= 15 is 0 Å². The summed E-state index contributed by atoms with van der Waals surface area (Å²) in [6, 6.07) is 15.8. The van der Waals surface area contributed by atoms with Gasteiger partial charge in [0.25, 0.3) is 5.91 Å². The van der Waals surface area contributed by atoms with E-state index in [1.165, 1.54) is 13.2 Å². The maximum absolute atomic E-state index is 12.4. The molecule has 1 amide bonds. The van der Waals surface area contributed by atoms with Gasteiger partial charge < -0.3 is 14.8 Å². The summed E-state index contributed by atoms with van der Waals surface area (Å²) in [5.74, 6) is -1.35. The molecule has 1 aliphatic carbocycles. The van der Waals surface area contributed by atoms with Gasteiger partial charge in [-0.25, -0.2) is 4.79 Å². The SMILES string of the molecule is COC(=O)c1cccc(NC(=O)COC(=O)C2(c3ccccc3)CC2)c1. The van der Waals surface area contributed by atoms with Crippen LogP contribution in [0, 0.1) is 0 Å². The van der Waals surface area contributed by atoms with Crippen LogP contribution >= 0.6 is 0 Å². The predicted molar refractivity (Wildman–Crippen MR) is 94.7 cm³/mol. The van der Waals surface area contributed by atoms with E-state index in [-0.39, 0.29) is 12.6 Å². The average molecular weight is 353 g/mol. The van der Waals surface area contributed by atoms with Crippen LogP contribution < -0.4 is 5.32 Å². The summed E-state index contributed by atoms with van der Waals surface area (Å²) in [6.07, 6.45) is 1.44. The third kappa shape index (κ3) is 3.74. The highest BCUT2D eigenvalue weighted by Crippen LogP contribution is 2.49. The van der Waals surface area contributed by atoms with Gasteiger partial charge in [0.15, 0.2) is 6.61 Å². The number of hydrogen-bond acceptors (Lipinski definition) is 5. The number of carbonyl (C=O) groups is 3. The minimum absolute atomic E-state index is 0.323. The fourth-order valence-corrected chi connectivity index (χ4v) is 2.80. The molecule has 1 aliphatic rings. The fourth-order valence-electron chi connectivity index (χ4n) is 2.80. The standard InChI is InChI=1S/C20H19NO5/c1-25-18(23)14-6-5-9-16(12-14)21-17(22)13-26-19(24)20(10-11-20)15-7-3-2-4-8-15/h2-9,12H,10-11,13H2,1H3,(H,21,22). The Bertz CT molecular complexity index is 827. The Morgan fingerprint density at radius 2 is 1.77 bits per heavy atom. The van der Waals surface area contributed by atoms with E-state index in [1.54, 1.807) is 18.2 Å². The van der Waals surface area contributed by atoms with Gasteiger partial charge in [0.2, 0.25) is 0 Å². The summed E-state index contributed by atoms with van der Waals surface area (Å²) >= 11 is 0. The molecule has 1 fully saturated rings. The van der Waals surface area contributed by atoms with Gasteiger partial charge in [0.1, 0.15) is 0 Å². The normalized spacial score (nSPS) is 14.2. The molecule has 1 N–H and O–H groups in total. The van der Waals surface area contributed by atoms with Crippen molar-refractivity contribution in [2.75, 3.05) is 19.0 Å². The summed E-state index contributed by atoms with van der Waals surface area (Å²) < 4.78 is 9.85. The summed E-state index contributed by atoms with van der Waals surface area (Å²) in [5.41, 5.74) is 1.05. The molecule has 0 unspecified atom stereocenters. The first-order chi connectivity index (χ1) is 12.5. The van der Waals surface area contributed by atoms with E-state index in [9.17, 15) is 14.4 Å². The molecule has 134 valence electrons. The van der Waals surface area contributed by atoms with Crippen LogP contribution in [0.3, 0.4) is 0 Å². The Hall–Kier alpha value is -3.15. The summed E-state index contributed by atoms with van der Waals surface area (Å²) in [4.78, 5) is 36.0. The molecule has 0 aromatic heterocycles. The number of methoxy groups -OCH3 is 1. The van der Waals surface area contributed by atoms with Crippen molar-refractivity contribution in [2.24, 2.45) is 0 Å². The van der Waals surface area contributed by atoms with E-state index in [2.05, 4.69) is 10.1 Å². The van der Waals surface area contributed by atoms with Crippen molar-refractivity contribution < 1.29 is 23.9 Å². The first-order valence-corrected chi connectivity index (χ1v) is 8.26. The maximum atomic E-state index is 12.4. The van der Waals surface area contributed by atoms with Gasteiger partial charge in [-0.1, -0.05) is 36.4 Å². The van der Waals surface area contributed by atoms with Crippen LogP contribution in [0.4, 0.5) is 5.69 Å². The van der Waals surface area contributed by atoms with Gasteiger partial charge in [-0.15, -0.1) is 0 Å². The second kappa shape index (κ2) is 7.39. The Labute approximate surface area is 151 Å². The number of benzene rings is 2. The number of amides is 1. The quantitative estimate of drug-likeness (QED) is 0.808. The lowest BCUT2D eigenvalue weighted by molar-refractivity contribution is -0.150. The van der Waals surface area contributed by atoms with Crippen molar-refractivity contribution in [1.82, 2.24) is 0 Å². The Kier molecular flexibility index (Phi) is 5.02. The zero-order chi connectivity index (χ0) is 18.6. The number of carbonyl (C=O) groups excluding carboxylic acids is 3. The number of nitrogens with one attached hydrogen (secondary N) is 1. The zero-order valence-electron chi connectivity index (χ0n) is 14.4. The van der Waals surface area contributed by atoms with Gasteiger partial charge in [-0.2, -0.15) is 0 Å². The molecular formula is C20H19NO5. The van der Waals surface area contributed by atoms with E-state index < -0.39 is 17.3 Å². The second-order valence-corrected chi connectivity index (χ2v) is 6.14. The van der Waals surface area contributed by atoms with Crippen molar-refractivity contribution >= 4 is 23.5 Å². The predicted octanol–water partition coefficient (Wildman–Crippen LogP) is 2.69. The highest BCUT2D eigenvalue weighted by atomic mass is 16.5. The first kappa shape index (κ1) is 17.7. The summed E-state index contributed by atoms with van der Waals surface area (Å²) in [5, 5.41) is 2.60. The molecule has 0 saturated heterocycles. The molecule has 6 nitrogen and oxygen atoms in total. The Balaban J connectivity index is 1.56. The smallest absolute Gasteiger partial charge is 0.337 e. The number of ether oxygens (including phenoxy) is 2. The lowest BCUT2D eigenvalue weighted by Gasteiger charge is -2.14. The van der Waals surface area contributed by atoms with Gasteiger partial charge >= 0.3 is 11.9 Å². The highest BCUT2D eigenvalue weighted by Gasteiger charge is 2.52. The van der Waals surface area contributed by atoms with Crippen LogP contribution in [0.2, 0.25) is 0 Å². The third-order valence-electron chi connectivity index (χ3n) is 4.37. The van der Waals surface area contributed by atoms with Crippen molar-refractivity contribution in [3.05, 3.63) is 65.7 Å².